The highest BCUT2D eigenvalue weighted by molar-refractivity contribution is 5.24. The molecule has 17 heavy (non-hydrogen) atoms. The van der Waals surface area contributed by atoms with Gasteiger partial charge in [-0.05, 0) is 31.4 Å². The number of hydrogen-bond donors (Lipinski definition) is 1. The molecule has 0 amide bonds. The van der Waals surface area contributed by atoms with E-state index in [1.807, 2.05) is 0 Å². The number of benzene rings is 1. The van der Waals surface area contributed by atoms with E-state index in [4.69, 9.17) is 4.74 Å². The number of methoxy groups -OCH3 is 1. The van der Waals surface area contributed by atoms with Crippen molar-refractivity contribution >= 4 is 0 Å². The number of hydrogen-bond acceptors (Lipinski definition) is 2. The first-order valence-electron chi connectivity index (χ1n) is 6.48. The molecule has 0 saturated heterocycles. The fraction of sp³-hybridized carbons (Fsp3) is 0.600. The first-order valence-corrected chi connectivity index (χ1v) is 6.48. The second-order valence-electron chi connectivity index (χ2n) is 4.70. The molecule has 2 nitrogen and oxygen atoms in total. The predicted octanol–water partition coefficient (Wildman–Crippen LogP) is 3.32. The van der Waals surface area contributed by atoms with Gasteiger partial charge in [-0.15, -0.1) is 0 Å². The van der Waals surface area contributed by atoms with Crippen molar-refractivity contribution in [2.75, 3.05) is 20.3 Å². The van der Waals surface area contributed by atoms with Gasteiger partial charge in [0.2, 0.25) is 0 Å². The highest BCUT2D eigenvalue weighted by Crippen LogP contribution is 2.24. The summed E-state index contributed by atoms with van der Waals surface area (Å²) in [6.07, 6.45) is 1.09. The zero-order chi connectivity index (χ0) is 12.7. The van der Waals surface area contributed by atoms with Crippen LogP contribution in [0.15, 0.2) is 24.3 Å². The Kier molecular flexibility index (Phi) is 6.23. The lowest BCUT2D eigenvalue weighted by atomic mass is 9.91. The predicted molar refractivity (Wildman–Crippen MR) is 73.3 cm³/mol. The van der Waals surface area contributed by atoms with Crippen molar-refractivity contribution in [3.05, 3.63) is 35.4 Å². The zero-order valence-electron chi connectivity index (χ0n) is 11.5. The van der Waals surface area contributed by atoms with Gasteiger partial charge in [0, 0.05) is 19.8 Å². The summed E-state index contributed by atoms with van der Waals surface area (Å²) in [5.74, 6) is 0.581. The lowest BCUT2D eigenvalue weighted by molar-refractivity contribution is 0.170. The summed E-state index contributed by atoms with van der Waals surface area (Å²) >= 11 is 0. The van der Waals surface area contributed by atoms with Crippen LogP contribution in [0.2, 0.25) is 0 Å². The van der Waals surface area contributed by atoms with Crippen LogP contribution in [0.1, 0.15) is 37.4 Å². The average molecular weight is 235 g/mol. The van der Waals surface area contributed by atoms with E-state index in [0.717, 1.165) is 19.6 Å². The van der Waals surface area contributed by atoms with Crippen molar-refractivity contribution in [2.24, 2.45) is 5.92 Å². The van der Waals surface area contributed by atoms with Crippen LogP contribution in [0.3, 0.4) is 0 Å². The maximum atomic E-state index is 5.17. The van der Waals surface area contributed by atoms with Crippen molar-refractivity contribution < 1.29 is 4.74 Å². The minimum atomic E-state index is 0.427. The first-order chi connectivity index (χ1) is 8.19. The molecule has 0 aliphatic carbocycles. The molecule has 0 saturated carbocycles. The monoisotopic (exact) mass is 235 g/mol. The molecule has 0 aromatic heterocycles. The third-order valence-corrected chi connectivity index (χ3v) is 3.21. The average Bonchev–Trinajstić information content (AvgIpc) is 2.34. The minimum absolute atomic E-state index is 0.427. The molecule has 2 heteroatoms. The second kappa shape index (κ2) is 7.46. The van der Waals surface area contributed by atoms with Gasteiger partial charge in [-0.1, -0.05) is 43.7 Å². The Morgan fingerprint density at radius 3 is 2.41 bits per heavy atom. The highest BCUT2D eigenvalue weighted by Gasteiger charge is 2.17. The van der Waals surface area contributed by atoms with Crippen LogP contribution in [-0.4, -0.2) is 20.3 Å². The number of ether oxygens (including phenoxy) is 1. The normalized spacial score (nSPS) is 14.6. The molecule has 0 radical (unpaired) electrons. The summed E-state index contributed by atoms with van der Waals surface area (Å²) in [6.45, 7) is 8.39. The van der Waals surface area contributed by atoms with Crippen LogP contribution in [0.4, 0.5) is 0 Å². The van der Waals surface area contributed by atoms with Crippen molar-refractivity contribution in [1.82, 2.24) is 5.32 Å². The summed E-state index contributed by atoms with van der Waals surface area (Å²) in [6, 6.07) is 9.25. The molecule has 1 aromatic carbocycles. The topological polar surface area (TPSA) is 21.3 Å². The van der Waals surface area contributed by atoms with E-state index in [0.29, 0.717) is 12.0 Å². The Morgan fingerprint density at radius 2 is 1.88 bits per heavy atom. The Bertz CT molecular complexity index is 307. The van der Waals surface area contributed by atoms with Crippen LogP contribution >= 0.6 is 0 Å². The van der Waals surface area contributed by atoms with Crippen LogP contribution in [-0.2, 0) is 4.74 Å². The Balaban J connectivity index is 2.73. The van der Waals surface area contributed by atoms with E-state index in [-0.39, 0.29) is 0 Å². The minimum Gasteiger partial charge on any atom is -0.385 e. The van der Waals surface area contributed by atoms with Gasteiger partial charge in [-0.25, -0.2) is 0 Å². The molecular formula is C15H25NO. The summed E-state index contributed by atoms with van der Waals surface area (Å²) in [5.41, 5.74) is 2.69. The molecule has 1 N–H and O–H groups in total. The SMILES string of the molecule is CCNC(c1ccc(C)cc1)C(C)CCOC. The first kappa shape index (κ1) is 14.2. The lowest BCUT2D eigenvalue weighted by Crippen LogP contribution is -2.27. The van der Waals surface area contributed by atoms with Crippen LogP contribution < -0.4 is 5.32 Å². The summed E-state index contributed by atoms with van der Waals surface area (Å²) < 4.78 is 5.17. The standard InChI is InChI=1S/C15H25NO/c1-5-16-15(13(3)10-11-17-4)14-8-6-12(2)7-9-14/h6-9,13,15-16H,5,10-11H2,1-4H3. The van der Waals surface area contributed by atoms with Crippen LogP contribution in [0.5, 0.6) is 0 Å². The summed E-state index contributed by atoms with van der Waals surface area (Å²) in [4.78, 5) is 0. The quantitative estimate of drug-likeness (QED) is 0.783. The smallest absolute Gasteiger partial charge is 0.0465 e. The van der Waals surface area contributed by atoms with Gasteiger partial charge in [-0.3, -0.25) is 0 Å². The molecule has 0 fully saturated rings. The third-order valence-electron chi connectivity index (χ3n) is 3.21. The molecule has 0 aliphatic rings. The summed E-state index contributed by atoms with van der Waals surface area (Å²) in [7, 11) is 1.76. The maximum Gasteiger partial charge on any atom is 0.0465 e. The van der Waals surface area contributed by atoms with Gasteiger partial charge in [0.1, 0.15) is 0 Å². The van der Waals surface area contributed by atoms with E-state index in [9.17, 15) is 0 Å². The fourth-order valence-corrected chi connectivity index (χ4v) is 2.11. The molecule has 0 aliphatic heterocycles. The van der Waals surface area contributed by atoms with Gasteiger partial charge < -0.3 is 10.1 Å². The largest absolute Gasteiger partial charge is 0.385 e. The number of nitrogens with one attached hydrogen (secondary N) is 1. The van der Waals surface area contributed by atoms with Crippen molar-refractivity contribution in [2.45, 2.75) is 33.2 Å². The molecule has 0 spiro atoms. The van der Waals surface area contributed by atoms with Gasteiger partial charge in [-0.2, -0.15) is 0 Å². The second-order valence-corrected chi connectivity index (χ2v) is 4.70. The Labute approximate surface area is 105 Å². The van der Waals surface area contributed by atoms with Gasteiger partial charge in [0.15, 0.2) is 0 Å². The maximum absolute atomic E-state index is 5.17. The summed E-state index contributed by atoms with van der Waals surface area (Å²) in [5, 5.41) is 3.57. The van der Waals surface area contributed by atoms with E-state index in [2.05, 4.69) is 50.4 Å². The molecule has 1 rings (SSSR count). The molecule has 0 heterocycles. The zero-order valence-corrected chi connectivity index (χ0v) is 11.5. The molecule has 96 valence electrons. The molecule has 2 unspecified atom stereocenters. The fourth-order valence-electron chi connectivity index (χ4n) is 2.11. The highest BCUT2D eigenvalue weighted by atomic mass is 16.5. The van der Waals surface area contributed by atoms with E-state index < -0.39 is 0 Å². The lowest BCUT2D eigenvalue weighted by Gasteiger charge is -2.25. The van der Waals surface area contributed by atoms with E-state index in [1.165, 1.54) is 11.1 Å². The van der Waals surface area contributed by atoms with Gasteiger partial charge >= 0.3 is 0 Å². The molecule has 2 atom stereocenters. The van der Waals surface area contributed by atoms with E-state index >= 15 is 0 Å². The molecular weight excluding hydrogens is 210 g/mol. The van der Waals surface area contributed by atoms with Crippen molar-refractivity contribution in [1.29, 1.82) is 0 Å². The Hall–Kier alpha value is -0.860. The number of aryl methyl sites for hydroxylation is 1. The third kappa shape index (κ3) is 4.49. The molecule has 1 aromatic rings. The van der Waals surface area contributed by atoms with Crippen LogP contribution in [0.25, 0.3) is 0 Å². The van der Waals surface area contributed by atoms with Gasteiger partial charge in [0.25, 0.3) is 0 Å². The van der Waals surface area contributed by atoms with Gasteiger partial charge in [0.05, 0.1) is 0 Å². The Morgan fingerprint density at radius 1 is 1.24 bits per heavy atom. The molecule has 0 bridgehead atoms. The number of rotatable bonds is 7. The van der Waals surface area contributed by atoms with Crippen molar-refractivity contribution in [3.8, 4) is 0 Å². The van der Waals surface area contributed by atoms with E-state index in [1.54, 1.807) is 7.11 Å². The van der Waals surface area contributed by atoms with Crippen LogP contribution in [0, 0.1) is 12.8 Å². The van der Waals surface area contributed by atoms with Crippen molar-refractivity contribution in [3.63, 3.8) is 0 Å².